The molecule has 1 aliphatic rings. The highest BCUT2D eigenvalue weighted by Crippen LogP contribution is 2.20. The van der Waals surface area contributed by atoms with E-state index >= 15 is 0 Å². The highest BCUT2D eigenvalue weighted by atomic mass is 19.1. The lowest BCUT2D eigenvalue weighted by Crippen LogP contribution is -2.43. The van der Waals surface area contributed by atoms with E-state index in [1.165, 1.54) is 16.8 Å². The second kappa shape index (κ2) is 9.12. The number of hydrogen-bond acceptors (Lipinski definition) is 4. The summed E-state index contributed by atoms with van der Waals surface area (Å²) in [6.45, 7) is 3.19. The van der Waals surface area contributed by atoms with Gasteiger partial charge in [-0.1, -0.05) is 30.3 Å². The van der Waals surface area contributed by atoms with Crippen LogP contribution in [-0.4, -0.2) is 40.3 Å². The van der Waals surface area contributed by atoms with Gasteiger partial charge in [-0.2, -0.15) is 5.10 Å². The van der Waals surface area contributed by atoms with Gasteiger partial charge in [-0.25, -0.2) is 9.07 Å². The standard InChI is InChI=1S/C24H24FN3O3/c1-17-14-22(29)23(26-28(17)21-12-6-5-11-20(21)25)24(30)27-13-7-8-18(15-27)16-31-19-9-3-2-4-10-19/h2-6,9-12,14,18H,7-8,13,15-16H2,1H3. The van der Waals surface area contributed by atoms with Crippen molar-refractivity contribution in [1.29, 1.82) is 0 Å². The molecule has 7 heteroatoms. The minimum Gasteiger partial charge on any atom is -0.493 e. The fraction of sp³-hybridized carbons (Fsp3) is 0.292. The summed E-state index contributed by atoms with van der Waals surface area (Å²) in [5.41, 5.74) is -0.00232. The molecule has 2 aromatic carbocycles. The number of carbonyl (C=O) groups is 1. The van der Waals surface area contributed by atoms with Crippen LogP contribution in [-0.2, 0) is 0 Å². The number of para-hydroxylation sites is 2. The Bertz CT molecular complexity index is 1130. The fourth-order valence-electron chi connectivity index (χ4n) is 3.83. The number of nitrogens with zero attached hydrogens (tertiary/aromatic N) is 3. The predicted molar refractivity (Wildman–Crippen MR) is 115 cm³/mol. The number of likely N-dealkylation sites (tertiary alicyclic amines) is 1. The zero-order valence-electron chi connectivity index (χ0n) is 17.3. The van der Waals surface area contributed by atoms with Crippen molar-refractivity contribution >= 4 is 5.91 Å². The van der Waals surface area contributed by atoms with Crippen LogP contribution in [0.25, 0.3) is 5.69 Å². The molecule has 6 nitrogen and oxygen atoms in total. The van der Waals surface area contributed by atoms with Crippen LogP contribution in [0.4, 0.5) is 4.39 Å². The van der Waals surface area contributed by atoms with Crippen molar-refractivity contribution in [2.45, 2.75) is 19.8 Å². The number of hydrogen-bond donors (Lipinski definition) is 0. The van der Waals surface area contributed by atoms with Crippen LogP contribution in [0.1, 0.15) is 29.0 Å². The molecule has 1 saturated heterocycles. The van der Waals surface area contributed by atoms with Gasteiger partial charge in [0.1, 0.15) is 17.3 Å². The maximum atomic E-state index is 14.3. The number of aromatic nitrogens is 2. The van der Waals surface area contributed by atoms with Crippen LogP contribution >= 0.6 is 0 Å². The van der Waals surface area contributed by atoms with Crippen LogP contribution in [0.3, 0.4) is 0 Å². The van der Waals surface area contributed by atoms with Crippen molar-refractivity contribution in [3.8, 4) is 11.4 Å². The van der Waals surface area contributed by atoms with Crippen LogP contribution in [0, 0.1) is 18.7 Å². The number of piperidine rings is 1. The first-order valence-electron chi connectivity index (χ1n) is 10.4. The van der Waals surface area contributed by atoms with Gasteiger partial charge in [-0.3, -0.25) is 9.59 Å². The normalized spacial score (nSPS) is 16.2. The fourth-order valence-corrected chi connectivity index (χ4v) is 3.83. The summed E-state index contributed by atoms with van der Waals surface area (Å²) in [6.07, 6.45) is 1.76. The Morgan fingerprint density at radius 2 is 1.90 bits per heavy atom. The van der Waals surface area contributed by atoms with Gasteiger partial charge in [-0.15, -0.1) is 0 Å². The molecule has 31 heavy (non-hydrogen) atoms. The molecular weight excluding hydrogens is 397 g/mol. The number of benzene rings is 2. The van der Waals surface area contributed by atoms with E-state index in [4.69, 9.17) is 4.74 Å². The van der Waals surface area contributed by atoms with Gasteiger partial charge < -0.3 is 9.64 Å². The molecule has 160 valence electrons. The van der Waals surface area contributed by atoms with E-state index in [9.17, 15) is 14.0 Å². The van der Waals surface area contributed by atoms with E-state index in [2.05, 4.69) is 5.10 Å². The molecule has 3 aromatic rings. The lowest BCUT2D eigenvalue weighted by Gasteiger charge is -2.32. The smallest absolute Gasteiger partial charge is 0.278 e. The Hall–Kier alpha value is -3.48. The van der Waals surface area contributed by atoms with Gasteiger partial charge in [0.2, 0.25) is 5.43 Å². The topological polar surface area (TPSA) is 64.4 Å². The minimum absolute atomic E-state index is 0.164. The molecule has 0 radical (unpaired) electrons. The number of rotatable bonds is 5. The average Bonchev–Trinajstić information content (AvgIpc) is 2.79. The first kappa shape index (κ1) is 20.8. The summed E-state index contributed by atoms with van der Waals surface area (Å²) in [5, 5.41) is 4.24. The maximum absolute atomic E-state index is 14.3. The van der Waals surface area contributed by atoms with Crippen LogP contribution in [0.5, 0.6) is 5.75 Å². The van der Waals surface area contributed by atoms with Crippen molar-refractivity contribution in [2.24, 2.45) is 5.92 Å². The zero-order chi connectivity index (χ0) is 21.8. The number of halogens is 1. The largest absolute Gasteiger partial charge is 0.493 e. The average molecular weight is 421 g/mol. The maximum Gasteiger partial charge on any atom is 0.278 e. The third-order valence-electron chi connectivity index (χ3n) is 5.43. The minimum atomic E-state index is -0.476. The van der Waals surface area contributed by atoms with Gasteiger partial charge in [0.25, 0.3) is 5.91 Å². The molecule has 4 rings (SSSR count). The molecule has 1 atom stereocenters. The van der Waals surface area contributed by atoms with Gasteiger partial charge in [0, 0.05) is 30.8 Å². The third kappa shape index (κ3) is 4.66. The first-order chi connectivity index (χ1) is 15.0. The molecule has 1 fully saturated rings. The first-order valence-corrected chi connectivity index (χ1v) is 10.4. The second-order valence-corrected chi connectivity index (χ2v) is 7.75. The summed E-state index contributed by atoms with van der Waals surface area (Å²) < 4.78 is 21.4. The van der Waals surface area contributed by atoms with Gasteiger partial charge >= 0.3 is 0 Å². The molecule has 0 N–H and O–H groups in total. The molecule has 0 aliphatic carbocycles. The number of ether oxygens (including phenoxy) is 1. The number of aryl methyl sites for hydroxylation is 1. The third-order valence-corrected chi connectivity index (χ3v) is 5.43. The molecule has 1 aliphatic heterocycles. The lowest BCUT2D eigenvalue weighted by atomic mass is 9.98. The SMILES string of the molecule is Cc1cc(=O)c(C(=O)N2CCCC(COc3ccccc3)C2)nn1-c1ccccc1F. The Labute approximate surface area is 179 Å². The van der Waals surface area contributed by atoms with Gasteiger partial charge in [0.15, 0.2) is 5.69 Å². The Balaban J connectivity index is 1.53. The number of carbonyl (C=O) groups excluding carboxylic acids is 1. The molecule has 0 saturated carbocycles. The summed E-state index contributed by atoms with van der Waals surface area (Å²) in [6, 6.07) is 17.0. The van der Waals surface area contributed by atoms with E-state index < -0.39 is 17.2 Å². The molecule has 0 spiro atoms. The second-order valence-electron chi connectivity index (χ2n) is 7.75. The van der Waals surface area contributed by atoms with Crippen molar-refractivity contribution in [2.75, 3.05) is 19.7 Å². The van der Waals surface area contributed by atoms with Crippen LogP contribution in [0.15, 0.2) is 65.5 Å². The van der Waals surface area contributed by atoms with E-state index in [1.807, 2.05) is 30.3 Å². The zero-order valence-corrected chi connectivity index (χ0v) is 17.3. The highest BCUT2D eigenvalue weighted by molar-refractivity contribution is 5.92. The van der Waals surface area contributed by atoms with Crippen LogP contribution in [0.2, 0.25) is 0 Å². The van der Waals surface area contributed by atoms with Crippen molar-refractivity contribution in [1.82, 2.24) is 14.7 Å². The quantitative estimate of drug-likeness (QED) is 0.631. The molecule has 1 amide bonds. The Kier molecular flexibility index (Phi) is 6.11. The molecule has 0 bridgehead atoms. The lowest BCUT2D eigenvalue weighted by molar-refractivity contribution is 0.0624. The van der Waals surface area contributed by atoms with Gasteiger partial charge in [-0.05, 0) is 44.0 Å². The van der Waals surface area contributed by atoms with Crippen molar-refractivity contribution in [3.05, 3.63) is 88.1 Å². The van der Waals surface area contributed by atoms with Crippen LogP contribution < -0.4 is 10.2 Å². The number of amides is 1. The Morgan fingerprint density at radius 3 is 2.68 bits per heavy atom. The highest BCUT2D eigenvalue weighted by Gasteiger charge is 2.28. The van der Waals surface area contributed by atoms with Crippen molar-refractivity contribution < 1.29 is 13.9 Å². The van der Waals surface area contributed by atoms with Crippen molar-refractivity contribution in [3.63, 3.8) is 0 Å². The summed E-state index contributed by atoms with van der Waals surface area (Å²) in [7, 11) is 0. The summed E-state index contributed by atoms with van der Waals surface area (Å²) in [4.78, 5) is 27.3. The van der Waals surface area contributed by atoms with Gasteiger partial charge in [0.05, 0.1) is 6.61 Å². The predicted octanol–water partition coefficient (Wildman–Crippen LogP) is 3.61. The molecular formula is C24H24FN3O3. The summed E-state index contributed by atoms with van der Waals surface area (Å²) in [5.74, 6) is 0.0480. The van der Waals surface area contributed by atoms with E-state index in [1.54, 1.807) is 30.0 Å². The molecule has 2 heterocycles. The van der Waals surface area contributed by atoms with E-state index in [0.29, 0.717) is 25.4 Å². The molecule has 1 aromatic heterocycles. The monoisotopic (exact) mass is 421 g/mol. The molecule has 1 unspecified atom stereocenters. The van der Waals surface area contributed by atoms with E-state index in [-0.39, 0.29) is 17.3 Å². The van der Waals surface area contributed by atoms with E-state index in [0.717, 1.165) is 18.6 Å². The summed E-state index contributed by atoms with van der Waals surface area (Å²) >= 11 is 0. The Morgan fingerprint density at radius 1 is 1.16 bits per heavy atom.